The molecule has 0 unspecified atom stereocenters. The Morgan fingerprint density at radius 3 is 2.65 bits per heavy atom. The molecule has 0 aliphatic carbocycles. The second kappa shape index (κ2) is 6.69. The molecule has 0 atom stereocenters. The molecule has 5 heteroatoms. The first-order valence-electron chi connectivity index (χ1n) is 7.21. The lowest BCUT2D eigenvalue weighted by Crippen LogP contribution is -2.11. The van der Waals surface area contributed by atoms with E-state index in [9.17, 15) is 0 Å². The molecule has 0 radical (unpaired) electrons. The van der Waals surface area contributed by atoms with Gasteiger partial charge in [-0.2, -0.15) is 5.26 Å². The van der Waals surface area contributed by atoms with Gasteiger partial charge in [0.15, 0.2) is 0 Å². The molecule has 0 bridgehead atoms. The van der Waals surface area contributed by atoms with E-state index >= 15 is 0 Å². The highest BCUT2D eigenvalue weighted by atomic mass is 32.1. The number of thiazole rings is 1. The van der Waals surface area contributed by atoms with Crippen LogP contribution in [-0.2, 0) is 6.54 Å². The smallest absolute Gasteiger partial charge is 0.125 e. The maximum atomic E-state index is 8.88. The van der Waals surface area contributed by atoms with Crippen LogP contribution in [0.4, 0.5) is 0 Å². The highest BCUT2D eigenvalue weighted by Crippen LogP contribution is 2.31. The quantitative estimate of drug-likeness (QED) is 0.733. The van der Waals surface area contributed by atoms with Gasteiger partial charge >= 0.3 is 0 Å². The lowest BCUT2D eigenvalue weighted by molar-refractivity contribution is 0.403. The van der Waals surface area contributed by atoms with Gasteiger partial charge in [0.25, 0.3) is 0 Å². The number of pyridine rings is 1. The van der Waals surface area contributed by atoms with E-state index < -0.39 is 0 Å². The number of rotatable bonds is 4. The van der Waals surface area contributed by atoms with E-state index in [2.05, 4.69) is 16.0 Å². The molecule has 0 fully saturated rings. The van der Waals surface area contributed by atoms with Crippen LogP contribution in [-0.4, -0.2) is 29.0 Å². The van der Waals surface area contributed by atoms with Crippen molar-refractivity contribution in [3.05, 3.63) is 59.2 Å². The number of benzene rings is 1. The highest BCUT2D eigenvalue weighted by Gasteiger charge is 2.11. The maximum Gasteiger partial charge on any atom is 0.125 e. The van der Waals surface area contributed by atoms with Gasteiger partial charge in [0.05, 0.1) is 17.3 Å². The number of aromatic nitrogens is 2. The van der Waals surface area contributed by atoms with E-state index in [1.807, 2.05) is 62.2 Å². The Labute approximate surface area is 139 Å². The van der Waals surface area contributed by atoms with Gasteiger partial charge in [-0.15, -0.1) is 11.3 Å². The highest BCUT2D eigenvalue weighted by molar-refractivity contribution is 7.13. The average Bonchev–Trinajstić information content (AvgIpc) is 3.05. The van der Waals surface area contributed by atoms with Gasteiger partial charge in [0, 0.05) is 35.4 Å². The lowest BCUT2D eigenvalue weighted by Gasteiger charge is -2.12. The SMILES string of the molecule is CN(C)Cc1ccncc1-c1nc(-c2ccc(C#N)cc2)cs1. The zero-order chi connectivity index (χ0) is 16.2. The van der Waals surface area contributed by atoms with E-state index in [1.165, 1.54) is 5.56 Å². The van der Waals surface area contributed by atoms with Crippen LogP contribution in [0.1, 0.15) is 11.1 Å². The average molecular weight is 320 g/mol. The van der Waals surface area contributed by atoms with Crippen molar-refractivity contribution >= 4 is 11.3 Å². The zero-order valence-electron chi connectivity index (χ0n) is 13.0. The van der Waals surface area contributed by atoms with E-state index in [1.54, 1.807) is 11.3 Å². The molecule has 4 nitrogen and oxygen atoms in total. The molecule has 0 amide bonds. The van der Waals surface area contributed by atoms with Gasteiger partial charge in [0.1, 0.15) is 5.01 Å². The fourth-order valence-corrected chi connectivity index (χ4v) is 3.21. The van der Waals surface area contributed by atoms with E-state index in [0.29, 0.717) is 5.56 Å². The summed E-state index contributed by atoms with van der Waals surface area (Å²) < 4.78 is 0. The van der Waals surface area contributed by atoms with Crippen molar-refractivity contribution in [3.63, 3.8) is 0 Å². The molecule has 3 rings (SSSR count). The Morgan fingerprint density at radius 2 is 1.96 bits per heavy atom. The van der Waals surface area contributed by atoms with Crippen LogP contribution in [0.15, 0.2) is 48.1 Å². The normalized spacial score (nSPS) is 10.7. The third-order valence-electron chi connectivity index (χ3n) is 3.44. The summed E-state index contributed by atoms with van der Waals surface area (Å²) >= 11 is 1.61. The Balaban J connectivity index is 1.94. The van der Waals surface area contributed by atoms with Crippen LogP contribution < -0.4 is 0 Å². The van der Waals surface area contributed by atoms with Gasteiger partial charge in [0.2, 0.25) is 0 Å². The first kappa shape index (κ1) is 15.3. The minimum absolute atomic E-state index is 0.657. The van der Waals surface area contributed by atoms with Crippen molar-refractivity contribution in [2.45, 2.75) is 6.54 Å². The molecule has 3 aromatic rings. The lowest BCUT2D eigenvalue weighted by atomic mass is 10.1. The maximum absolute atomic E-state index is 8.88. The van der Waals surface area contributed by atoms with Crippen LogP contribution in [0.25, 0.3) is 21.8 Å². The van der Waals surface area contributed by atoms with Crippen molar-refractivity contribution < 1.29 is 0 Å². The van der Waals surface area contributed by atoms with Crippen LogP contribution in [0.3, 0.4) is 0 Å². The van der Waals surface area contributed by atoms with Gasteiger partial charge in [-0.05, 0) is 37.9 Å². The Bertz CT molecular complexity index is 844. The largest absolute Gasteiger partial charge is 0.305 e. The van der Waals surface area contributed by atoms with Gasteiger partial charge < -0.3 is 4.90 Å². The summed E-state index contributed by atoms with van der Waals surface area (Å²) in [6.45, 7) is 0.851. The molecule has 23 heavy (non-hydrogen) atoms. The molecule has 114 valence electrons. The van der Waals surface area contributed by atoms with Crippen molar-refractivity contribution in [1.29, 1.82) is 5.26 Å². The van der Waals surface area contributed by atoms with Gasteiger partial charge in [-0.1, -0.05) is 12.1 Å². The summed E-state index contributed by atoms with van der Waals surface area (Å²) in [6.07, 6.45) is 3.69. The Hall–Kier alpha value is -2.55. The predicted octanol–water partition coefficient (Wildman–Crippen LogP) is 3.81. The van der Waals surface area contributed by atoms with Crippen LogP contribution in [0.2, 0.25) is 0 Å². The topological polar surface area (TPSA) is 52.8 Å². The standard InChI is InChI=1S/C18H16N4S/c1-22(2)11-15-7-8-20-10-16(15)18-21-17(12-23-18)14-5-3-13(9-19)4-6-14/h3-8,10,12H,11H2,1-2H3. The minimum atomic E-state index is 0.657. The van der Waals surface area contributed by atoms with E-state index in [4.69, 9.17) is 10.2 Å². The molecule has 0 aliphatic rings. The molecular formula is C18H16N4S. The van der Waals surface area contributed by atoms with Crippen LogP contribution >= 0.6 is 11.3 Å². The predicted molar refractivity (Wildman–Crippen MR) is 92.9 cm³/mol. The van der Waals surface area contributed by atoms with Crippen LogP contribution in [0, 0.1) is 11.3 Å². The fraction of sp³-hybridized carbons (Fsp3) is 0.167. The van der Waals surface area contributed by atoms with E-state index in [0.717, 1.165) is 28.4 Å². The van der Waals surface area contributed by atoms with Crippen LogP contribution in [0.5, 0.6) is 0 Å². The molecular weight excluding hydrogens is 304 g/mol. The number of hydrogen-bond donors (Lipinski definition) is 0. The molecule has 0 saturated carbocycles. The van der Waals surface area contributed by atoms with E-state index in [-0.39, 0.29) is 0 Å². The summed E-state index contributed by atoms with van der Waals surface area (Å²) in [5.41, 5.74) is 4.89. The summed E-state index contributed by atoms with van der Waals surface area (Å²) in [5.74, 6) is 0. The van der Waals surface area contributed by atoms with Gasteiger partial charge in [-0.25, -0.2) is 4.98 Å². The molecule has 0 saturated heterocycles. The summed E-state index contributed by atoms with van der Waals surface area (Å²) in [7, 11) is 4.10. The molecule has 2 aromatic heterocycles. The number of nitriles is 1. The van der Waals surface area contributed by atoms with Gasteiger partial charge in [-0.3, -0.25) is 4.98 Å². The zero-order valence-corrected chi connectivity index (χ0v) is 13.8. The first-order chi connectivity index (χ1) is 11.2. The fourth-order valence-electron chi connectivity index (χ4n) is 2.34. The minimum Gasteiger partial charge on any atom is -0.305 e. The number of hydrogen-bond acceptors (Lipinski definition) is 5. The summed E-state index contributed by atoms with van der Waals surface area (Å²) in [6, 6.07) is 11.7. The summed E-state index contributed by atoms with van der Waals surface area (Å²) in [4.78, 5) is 11.1. The van der Waals surface area contributed by atoms with Crippen molar-refractivity contribution in [2.75, 3.05) is 14.1 Å². The van der Waals surface area contributed by atoms with Crippen molar-refractivity contribution in [2.24, 2.45) is 0 Å². The van der Waals surface area contributed by atoms with Crippen molar-refractivity contribution in [3.8, 4) is 27.9 Å². The third-order valence-corrected chi connectivity index (χ3v) is 4.32. The monoisotopic (exact) mass is 320 g/mol. The first-order valence-corrected chi connectivity index (χ1v) is 8.09. The second-order valence-electron chi connectivity index (χ2n) is 5.50. The second-order valence-corrected chi connectivity index (χ2v) is 6.36. The Morgan fingerprint density at radius 1 is 1.17 bits per heavy atom. The third kappa shape index (κ3) is 3.45. The Kier molecular flexibility index (Phi) is 4.47. The summed E-state index contributed by atoms with van der Waals surface area (Å²) in [5, 5.41) is 11.9. The molecule has 2 heterocycles. The van der Waals surface area contributed by atoms with Crippen molar-refractivity contribution in [1.82, 2.24) is 14.9 Å². The molecule has 1 aromatic carbocycles. The number of nitrogens with zero attached hydrogens (tertiary/aromatic N) is 4. The molecule has 0 spiro atoms. The molecule has 0 N–H and O–H groups in total. The molecule has 0 aliphatic heterocycles.